The van der Waals surface area contributed by atoms with E-state index in [1.54, 1.807) is 18.7 Å². The van der Waals surface area contributed by atoms with Gasteiger partial charge in [-0.05, 0) is 33.6 Å². The highest BCUT2D eigenvalue weighted by Gasteiger charge is 2.33. The van der Waals surface area contributed by atoms with Crippen molar-refractivity contribution in [1.29, 1.82) is 0 Å². The average Bonchev–Trinajstić information content (AvgIpc) is 3.10. The summed E-state index contributed by atoms with van der Waals surface area (Å²) in [6, 6.07) is -0.120. The number of nitrogens with one attached hydrogen (secondary N) is 2. The van der Waals surface area contributed by atoms with Gasteiger partial charge in [0.2, 0.25) is 5.91 Å². The third kappa shape index (κ3) is 3.01. The third-order valence-electron chi connectivity index (χ3n) is 4.15. The molecule has 0 aromatic carbocycles. The maximum atomic E-state index is 12.7. The molecule has 0 bridgehead atoms. The highest BCUT2D eigenvalue weighted by atomic mass is 16.2. The van der Waals surface area contributed by atoms with Gasteiger partial charge in [-0.25, -0.2) is 9.97 Å². The van der Waals surface area contributed by atoms with Crippen molar-refractivity contribution < 1.29 is 4.79 Å². The Morgan fingerprint density at radius 1 is 1.26 bits per heavy atom. The third-order valence-corrected chi connectivity index (χ3v) is 4.15. The van der Waals surface area contributed by atoms with E-state index in [9.17, 15) is 9.59 Å². The molecule has 8 heteroatoms. The molecule has 0 aliphatic carbocycles. The van der Waals surface area contributed by atoms with Crippen LogP contribution < -0.4 is 5.56 Å². The van der Waals surface area contributed by atoms with E-state index in [1.165, 1.54) is 0 Å². The van der Waals surface area contributed by atoms with Crippen molar-refractivity contribution in [1.82, 2.24) is 30.0 Å². The van der Waals surface area contributed by atoms with Gasteiger partial charge >= 0.3 is 0 Å². The Kier molecular flexibility index (Phi) is 3.97. The number of H-pyrrole nitrogens is 2. The van der Waals surface area contributed by atoms with Crippen molar-refractivity contribution in [3.05, 3.63) is 39.1 Å². The number of nitrogens with zero attached hydrogens (tertiary/aromatic N) is 4. The van der Waals surface area contributed by atoms with Gasteiger partial charge in [0.1, 0.15) is 11.6 Å². The van der Waals surface area contributed by atoms with Crippen molar-refractivity contribution >= 4 is 5.91 Å². The molecular weight excluding hydrogens is 296 g/mol. The monoisotopic (exact) mass is 316 g/mol. The summed E-state index contributed by atoms with van der Waals surface area (Å²) in [6.45, 7) is 5.97. The van der Waals surface area contributed by atoms with Crippen LogP contribution in [0.15, 0.2) is 4.79 Å². The van der Waals surface area contributed by atoms with E-state index in [0.29, 0.717) is 29.5 Å². The topological polar surface area (TPSA) is 108 Å². The van der Waals surface area contributed by atoms with Crippen LogP contribution in [0.4, 0.5) is 0 Å². The Labute approximate surface area is 133 Å². The zero-order valence-corrected chi connectivity index (χ0v) is 13.5. The number of rotatable bonds is 3. The van der Waals surface area contributed by atoms with Crippen molar-refractivity contribution in [3.63, 3.8) is 0 Å². The van der Waals surface area contributed by atoms with Crippen LogP contribution in [-0.4, -0.2) is 42.5 Å². The molecule has 1 atom stereocenters. The Morgan fingerprint density at radius 2 is 2.04 bits per heavy atom. The first-order chi connectivity index (χ1) is 11.0. The Hall–Kier alpha value is -2.51. The van der Waals surface area contributed by atoms with Gasteiger partial charge in [-0.3, -0.25) is 14.7 Å². The van der Waals surface area contributed by atoms with Gasteiger partial charge in [0.15, 0.2) is 5.82 Å². The smallest absolute Gasteiger partial charge is 0.254 e. The van der Waals surface area contributed by atoms with E-state index in [1.807, 2.05) is 6.92 Å². The molecule has 8 nitrogen and oxygen atoms in total. The number of aromatic amines is 2. The van der Waals surface area contributed by atoms with Gasteiger partial charge in [-0.1, -0.05) is 0 Å². The van der Waals surface area contributed by atoms with Crippen LogP contribution in [0.5, 0.6) is 0 Å². The van der Waals surface area contributed by atoms with Crippen molar-refractivity contribution in [2.45, 2.75) is 46.1 Å². The van der Waals surface area contributed by atoms with Crippen molar-refractivity contribution in [2.75, 3.05) is 6.54 Å². The molecule has 23 heavy (non-hydrogen) atoms. The van der Waals surface area contributed by atoms with Gasteiger partial charge in [-0.15, -0.1) is 0 Å². The van der Waals surface area contributed by atoms with Crippen LogP contribution in [0.2, 0.25) is 0 Å². The molecule has 3 heterocycles. The number of likely N-dealkylation sites (tertiary alicyclic amines) is 1. The minimum absolute atomic E-state index is 0.0500. The predicted molar refractivity (Wildman–Crippen MR) is 82.8 cm³/mol. The van der Waals surface area contributed by atoms with E-state index < -0.39 is 0 Å². The molecule has 1 amide bonds. The number of carbonyl (C=O) groups excluding carboxylic acids is 1. The highest BCUT2D eigenvalue weighted by Crippen LogP contribution is 2.30. The van der Waals surface area contributed by atoms with Gasteiger partial charge in [-0.2, -0.15) is 5.10 Å². The molecule has 1 saturated heterocycles. The van der Waals surface area contributed by atoms with Crippen molar-refractivity contribution in [3.8, 4) is 0 Å². The van der Waals surface area contributed by atoms with Gasteiger partial charge in [0.25, 0.3) is 5.56 Å². The van der Waals surface area contributed by atoms with E-state index in [2.05, 4.69) is 25.1 Å². The number of carbonyl (C=O) groups is 1. The maximum absolute atomic E-state index is 12.7. The molecule has 1 fully saturated rings. The fourth-order valence-electron chi connectivity index (χ4n) is 3.05. The Bertz CT molecular complexity index is 794. The number of aromatic nitrogens is 5. The summed E-state index contributed by atoms with van der Waals surface area (Å²) < 4.78 is 0. The van der Waals surface area contributed by atoms with Crippen LogP contribution in [0.25, 0.3) is 0 Å². The van der Waals surface area contributed by atoms with Crippen LogP contribution in [0.1, 0.15) is 47.6 Å². The first kappa shape index (κ1) is 15.4. The summed E-state index contributed by atoms with van der Waals surface area (Å²) in [5.41, 5.74) is 0.786. The summed E-state index contributed by atoms with van der Waals surface area (Å²) in [5, 5.41) is 6.99. The molecule has 2 N–H and O–H groups in total. The van der Waals surface area contributed by atoms with Crippen LogP contribution in [0, 0.1) is 20.8 Å². The molecule has 0 saturated carbocycles. The number of hydrogen-bond acceptors (Lipinski definition) is 5. The lowest BCUT2D eigenvalue weighted by molar-refractivity contribution is -0.131. The standard InChI is InChI=1S/C15H20N6O2/c1-8-11(15(23)18-9(2)16-8)7-13(22)21-6-4-5-12(21)14-17-10(3)19-20-14/h12H,4-7H2,1-3H3,(H,16,18,23)(H,17,19,20)/t12-/m0/s1. The summed E-state index contributed by atoms with van der Waals surface area (Å²) in [4.78, 5) is 37.7. The van der Waals surface area contributed by atoms with Gasteiger partial charge < -0.3 is 9.88 Å². The van der Waals surface area contributed by atoms with Crippen LogP contribution >= 0.6 is 0 Å². The second kappa shape index (κ2) is 5.94. The fraction of sp³-hybridized carbons (Fsp3) is 0.533. The van der Waals surface area contributed by atoms with Crippen LogP contribution in [0.3, 0.4) is 0 Å². The molecular formula is C15H20N6O2. The Balaban J connectivity index is 1.82. The number of amides is 1. The van der Waals surface area contributed by atoms with E-state index in [4.69, 9.17) is 0 Å². The highest BCUT2D eigenvalue weighted by molar-refractivity contribution is 5.79. The molecule has 1 aliphatic rings. The summed E-state index contributed by atoms with van der Waals surface area (Å²) in [7, 11) is 0. The summed E-state index contributed by atoms with van der Waals surface area (Å²) in [6.07, 6.45) is 1.80. The quantitative estimate of drug-likeness (QED) is 0.867. The molecule has 2 aromatic heterocycles. The lowest BCUT2D eigenvalue weighted by Gasteiger charge is -2.22. The van der Waals surface area contributed by atoms with Gasteiger partial charge in [0, 0.05) is 17.8 Å². The largest absolute Gasteiger partial charge is 0.332 e. The van der Waals surface area contributed by atoms with Crippen LogP contribution in [-0.2, 0) is 11.2 Å². The second-order valence-electron chi connectivity index (χ2n) is 5.92. The summed E-state index contributed by atoms with van der Waals surface area (Å²) >= 11 is 0. The second-order valence-corrected chi connectivity index (χ2v) is 5.92. The minimum Gasteiger partial charge on any atom is -0.332 e. The lowest BCUT2D eigenvalue weighted by Crippen LogP contribution is -2.34. The van der Waals surface area contributed by atoms with E-state index in [0.717, 1.165) is 18.7 Å². The molecule has 122 valence electrons. The maximum Gasteiger partial charge on any atom is 0.254 e. The molecule has 0 radical (unpaired) electrons. The first-order valence-corrected chi connectivity index (χ1v) is 7.70. The zero-order valence-electron chi connectivity index (χ0n) is 13.5. The van der Waals surface area contributed by atoms with E-state index >= 15 is 0 Å². The average molecular weight is 316 g/mol. The molecule has 2 aromatic rings. The molecule has 0 unspecified atom stereocenters. The predicted octanol–water partition coefficient (Wildman–Crippen LogP) is 0.719. The zero-order chi connectivity index (χ0) is 16.6. The SMILES string of the molecule is Cc1nc([C@@H]2CCCN2C(=O)Cc2c(C)nc(C)[nH]c2=O)n[nH]1. The Morgan fingerprint density at radius 3 is 2.70 bits per heavy atom. The minimum atomic E-state index is -0.243. The molecule has 1 aliphatic heterocycles. The van der Waals surface area contributed by atoms with E-state index in [-0.39, 0.29) is 23.9 Å². The summed E-state index contributed by atoms with van der Waals surface area (Å²) in [5.74, 6) is 1.84. The number of hydrogen-bond donors (Lipinski definition) is 2. The van der Waals surface area contributed by atoms with Crippen molar-refractivity contribution in [2.24, 2.45) is 0 Å². The number of aryl methyl sites for hydroxylation is 3. The fourth-order valence-corrected chi connectivity index (χ4v) is 3.05. The first-order valence-electron chi connectivity index (χ1n) is 7.70. The molecule has 3 rings (SSSR count). The van der Waals surface area contributed by atoms with Gasteiger partial charge in [0.05, 0.1) is 12.5 Å². The normalized spacial score (nSPS) is 17.7. The molecule has 0 spiro atoms. The lowest BCUT2D eigenvalue weighted by atomic mass is 10.1.